The van der Waals surface area contributed by atoms with Crippen LogP contribution in [0.25, 0.3) is 0 Å². The lowest BCUT2D eigenvalue weighted by molar-refractivity contribution is -0.139. The molecule has 2 aromatic rings. The van der Waals surface area contributed by atoms with Gasteiger partial charge in [0.2, 0.25) is 5.91 Å². The molecule has 6 nitrogen and oxygen atoms in total. The van der Waals surface area contributed by atoms with E-state index >= 15 is 0 Å². The fraction of sp³-hybridized carbons (Fsp3) is 0.333. The summed E-state index contributed by atoms with van der Waals surface area (Å²) in [5.74, 6) is 0.436. The number of nitrogens with zero attached hydrogens (tertiary/aromatic N) is 1. The van der Waals surface area contributed by atoms with E-state index in [1.54, 1.807) is 31.2 Å². The van der Waals surface area contributed by atoms with Crippen molar-refractivity contribution in [1.29, 1.82) is 0 Å². The van der Waals surface area contributed by atoms with E-state index in [-0.39, 0.29) is 18.4 Å². The van der Waals surface area contributed by atoms with Crippen molar-refractivity contribution in [2.45, 2.75) is 25.8 Å². The Kier molecular flexibility index (Phi) is 7.23. The van der Waals surface area contributed by atoms with E-state index in [1.807, 2.05) is 43.3 Å². The molecule has 0 spiro atoms. The van der Waals surface area contributed by atoms with E-state index < -0.39 is 5.97 Å². The van der Waals surface area contributed by atoms with Crippen LogP contribution in [0.4, 0.5) is 0 Å². The van der Waals surface area contributed by atoms with Crippen LogP contribution in [-0.4, -0.2) is 42.6 Å². The molecule has 1 amide bonds. The Hall–Kier alpha value is -3.02. The Labute approximate surface area is 159 Å². The van der Waals surface area contributed by atoms with Crippen LogP contribution in [0.15, 0.2) is 48.5 Å². The summed E-state index contributed by atoms with van der Waals surface area (Å²) < 4.78 is 10.3. The summed E-state index contributed by atoms with van der Waals surface area (Å²) in [5, 5.41) is 8.61. The number of carbonyl (C=O) groups excluding carboxylic acids is 1. The first-order valence-electron chi connectivity index (χ1n) is 8.70. The van der Waals surface area contributed by atoms with Gasteiger partial charge in [-0.1, -0.05) is 31.2 Å². The van der Waals surface area contributed by atoms with E-state index in [0.29, 0.717) is 18.7 Å². The van der Waals surface area contributed by atoms with Crippen molar-refractivity contribution >= 4 is 11.9 Å². The summed E-state index contributed by atoms with van der Waals surface area (Å²) in [6.07, 6.45) is 0.419. The van der Waals surface area contributed by atoms with Crippen LogP contribution >= 0.6 is 0 Å². The number of hydrogen-bond donors (Lipinski definition) is 1. The molecular weight excluding hydrogens is 346 g/mol. The molecule has 1 atom stereocenters. The van der Waals surface area contributed by atoms with Crippen LogP contribution in [0, 0.1) is 0 Å². The van der Waals surface area contributed by atoms with Crippen LogP contribution in [0.1, 0.15) is 30.4 Å². The lowest BCUT2D eigenvalue weighted by Gasteiger charge is -2.20. The molecule has 0 aliphatic heterocycles. The summed E-state index contributed by atoms with van der Waals surface area (Å²) in [7, 11) is 3.40. The zero-order chi connectivity index (χ0) is 19.8. The van der Waals surface area contributed by atoms with Gasteiger partial charge in [0, 0.05) is 20.0 Å². The third kappa shape index (κ3) is 6.33. The highest BCUT2D eigenvalue weighted by molar-refractivity contribution is 5.76. The monoisotopic (exact) mass is 371 g/mol. The molecule has 0 aliphatic carbocycles. The molecule has 1 unspecified atom stereocenters. The Balaban J connectivity index is 1.87. The predicted molar refractivity (Wildman–Crippen MR) is 102 cm³/mol. The minimum Gasteiger partial charge on any atom is -0.497 e. The van der Waals surface area contributed by atoms with Gasteiger partial charge in [0.25, 0.3) is 0 Å². The SMILES string of the molecule is COc1ccc(C(C)CC(=O)N(C)Cc2ccc(OCC(=O)O)cc2)cc1. The molecule has 0 bridgehead atoms. The van der Waals surface area contributed by atoms with Gasteiger partial charge >= 0.3 is 5.97 Å². The number of hydrogen-bond acceptors (Lipinski definition) is 4. The molecule has 0 heterocycles. The smallest absolute Gasteiger partial charge is 0.341 e. The number of carboxylic acids is 1. The van der Waals surface area contributed by atoms with Gasteiger partial charge in [-0.3, -0.25) is 4.79 Å². The van der Waals surface area contributed by atoms with Crippen LogP contribution < -0.4 is 9.47 Å². The van der Waals surface area contributed by atoms with Gasteiger partial charge in [0.15, 0.2) is 6.61 Å². The van der Waals surface area contributed by atoms with E-state index in [9.17, 15) is 9.59 Å². The zero-order valence-corrected chi connectivity index (χ0v) is 15.8. The average Bonchev–Trinajstić information content (AvgIpc) is 2.67. The van der Waals surface area contributed by atoms with Gasteiger partial charge in [0.1, 0.15) is 11.5 Å². The lowest BCUT2D eigenvalue weighted by Crippen LogP contribution is -2.27. The van der Waals surface area contributed by atoms with Gasteiger partial charge in [-0.05, 0) is 41.3 Å². The number of carboxylic acid groups (broad SMARTS) is 1. The molecule has 6 heteroatoms. The van der Waals surface area contributed by atoms with Gasteiger partial charge in [-0.2, -0.15) is 0 Å². The van der Waals surface area contributed by atoms with Crippen molar-refractivity contribution in [3.05, 3.63) is 59.7 Å². The fourth-order valence-corrected chi connectivity index (χ4v) is 2.67. The second-order valence-electron chi connectivity index (χ2n) is 6.45. The molecule has 0 aromatic heterocycles. The summed E-state index contributed by atoms with van der Waals surface area (Å²) >= 11 is 0. The van der Waals surface area contributed by atoms with Crippen molar-refractivity contribution in [2.75, 3.05) is 20.8 Å². The molecular formula is C21H25NO5. The standard InChI is InChI=1S/C21H25NO5/c1-15(17-6-10-18(26-3)11-7-17)12-20(23)22(2)13-16-4-8-19(9-5-16)27-14-21(24)25/h4-11,15H,12-14H2,1-3H3,(H,24,25). The van der Waals surface area contributed by atoms with Gasteiger partial charge < -0.3 is 19.5 Å². The molecule has 2 rings (SSSR count). The molecule has 0 saturated carbocycles. The predicted octanol–water partition coefficient (Wildman–Crippen LogP) is 3.31. The number of carbonyl (C=O) groups is 2. The van der Waals surface area contributed by atoms with Gasteiger partial charge in [-0.15, -0.1) is 0 Å². The molecule has 144 valence electrons. The minimum absolute atomic E-state index is 0.0597. The second-order valence-corrected chi connectivity index (χ2v) is 6.45. The van der Waals surface area contributed by atoms with Crippen molar-refractivity contribution in [3.8, 4) is 11.5 Å². The van der Waals surface area contributed by atoms with Crippen LogP contribution in [0.5, 0.6) is 11.5 Å². The van der Waals surface area contributed by atoms with E-state index in [0.717, 1.165) is 16.9 Å². The van der Waals surface area contributed by atoms with Crippen molar-refractivity contribution < 1.29 is 24.2 Å². The average molecular weight is 371 g/mol. The molecule has 1 N–H and O–H groups in total. The second kappa shape index (κ2) is 9.62. The summed E-state index contributed by atoms with van der Waals surface area (Å²) in [5.41, 5.74) is 2.04. The minimum atomic E-state index is -1.02. The summed E-state index contributed by atoms with van der Waals surface area (Å²) in [6, 6.07) is 14.8. The number of amides is 1. The number of ether oxygens (including phenoxy) is 2. The number of aliphatic carboxylic acids is 1. The molecule has 2 aromatic carbocycles. The molecule has 0 saturated heterocycles. The lowest BCUT2D eigenvalue weighted by atomic mass is 9.97. The highest BCUT2D eigenvalue weighted by Gasteiger charge is 2.15. The highest BCUT2D eigenvalue weighted by atomic mass is 16.5. The number of benzene rings is 2. The topological polar surface area (TPSA) is 76.1 Å². The van der Waals surface area contributed by atoms with Crippen LogP contribution in [0.3, 0.4) is 0 Å². The van der Waals surface area contributed by atoms with Crippen molar-refractivity contribution in [3.63, 3.8) is 0 Å². The van der Waals surface area contributed by atoms with Crippen LogP contribution in [-0.2, 0) is 16.1 Å². The molecule has 0 fully saturated rings. The maximum Gasteiger partial charge on any atom is 0.341 e. The van der Waals surface area contributed by atoms with Gasteiger partial charge in [0.05, 0.1) is 7.11 Å². The van der Waals surface area contributed by atoms with Gasteiger partial charge in [-0.25, -0.2) is 4.79 Å². The maximum absolute atomic E-state index is 12.5. The molecule has 0 radical (unpaired) electrons. The zero-order valence-electron chi connectivity index (χ0n) is 15.8. The molecule has 27 heavy (non-hydrogen) atoms. The third-order valence-electron chi connectivity index (χ3n) is 4.30. The first-order chi connectivity index (χ1) is 12.9. The Bertz CT molecular complexity index is 755. The Morgan fingerprint density at radius 2 is 1.63 bits per heavy atom. The first kappa shape index (κ1) is 20.3. The van der Waals surface area contributed by atoms with E-state index in [2.05, 4.69) is 0 Å². The highest BCUT2D eigenvalue weighted by Crippen LogP contribution is 2.23. The van der Waals surface area contributed by atoms with Crippen molar-refractivity contribution in [1.82, 2.24) is 4.90 Å². The maximum atomic E-state index is 12.5. The summed E-state index contributed by atoms with van der Waals surface area (Å²) in [6.45, 7) is 2.14. The number of rotatable bonds is 9. The van der Waals surface area contributed by atoms with E-state index in [4.69, 9.17) is 14.6 Å². The Morgan fingerprint density at radius 1 is 1.04 bits per heavy atom. The Morgan fingerprint density at radius 3 is 2.19 bits per heavy atom. The van der Waals surface area contributed by atoms with Crippen molar-refractivity contribution in [2.24, 2.45) is 0 Å². The number of methoxy groups -OCH3 is 1. The quantitative estimate of drug-likeness (QED) is 0.732. The third-order valence-corrected chi connectivity index (χ3v) is 4.30. The van der Waals surface area contributed by atoms with E-state index in [1.165, 1.54) is 0 Å². The fourth-order valence-electron chi connectivity index (χ4n) is 2.67. The summed E-state index contributed by atoms with van der Waals surface area (Å²) in [4.78, 5) is 24.7. The normalized spacial score (nSPS) is 11.5. The largest absolute Gasteiger partial charge is 0.497 e. The van der Waals surface area contributed by atoms with Crippen LogP contribution in [0.2, 0.25) is 0 Å². The molecule has 0 aliphatic rings. The first-order valence-corrected chi connectivity index (χ1v) is 8.70.